The van der Waals surface area contributed by atoms with Gasteiger partial charge in [0.05, 0.1) is 26.9 Å². The number of benzene rings is 4. The fourth-order valence-electron chi connectivity index (χ4n) is 4.57. The summed E-state index contributed by atoms with van der Waals surface area (Å²) in [4.78, 5) is 26.3. The van der Waals surface area contributed by atoms with Crippen LogP contribution in [0.2, 0.25) is 0 Å². The standard InChI is InChI=1S/C35H30O8/c1-22-34(28-20-26(13-17-31(28)42-22)41-21-24-8-6-5-7-9-24)35(37)43-32-15-11-23(18-33(32)40-4)10-14-29(36)27-19-25(38-2)12-16-30(27)39-3/h5-20H,21H2,1-4H3. The third kappa shape index (κ3) is 6.54. The number of aryl methyl sites for hydroxylation is 1. The molecular formula is C35H30O8. The molecular weight excluding hydrogens is 548 g/mol. The number of ketones is 1. The highest BCUT2D eigenvalue weighted by Crippen LogP contribution is 2.34. The molecule has 0 aliphatic rings. The second kappa shape index (κ2) is 13.0. The van der Waals surface area contributed by atoms with E-state index in [9.17, 15) is 9.59 Å². The average Bonchev–Trinajstić information content (AvgIpc) is 3.38. The summed E-state index contributed by atoms with van der Waals surface area (Å²) in [7, 11) is 4.50. The topological polar surface area (TPSA) is 93.4 Å². The van der Waals surface area contributed by atoms with E-state index >= 15 is 0 Å². The first-order valence-electron chi connectivity index (χ1n) is 13.4. The van der Waals surface area contributed by atoms with E-state index in [1.807, 2.05) is 30.3 Å². The molecule has 0 aliphatic heterocycles. The smallest absolute Gasteiger partial charge is 0.347 e. The van der Waals surface area contributed by atoms with Crippen molar-refractivity contribution >= 4 is 28.8 Å². The Balaban J connectivity index is 1.34. The number of furan rings is 1. The van der Waals surface area contributed by atoms with Gasteiger partial charge in [0.2, 0.25) is 0 Å². The SMILES string of the molecule is COc1ccc(OC)c(C(=O)C=Cc2ccc(OC(=O)c3c(C)oc4ccc(OCc5ccccc5)cc34)c(OC)c2)c1. The first kappa shape index (κ1) is 29.0. The average molecular weight is 579 g/mol. The minimum atomic E-state index is -0.599. The second-order valence-electron chi connectivity index (χ2n) is 9.53. The lowest BCUT2D eigenvalue weighted by atomic mass is 10.1. The number of hydrogen-bond acceptors (Lipinski definition) is 8. The van der Waals surface area contributed by atoms with Gasteiger partial charge < -0.3 is 28.1 Å². The fraction of sp³-hybridized carbons (Fsp3) is 0.143. The number of carbonyl (C=O) groups excluding carboxylic acids is 2. The van der Waals surface area contributed by atoms with Gasteiger partial charge >= 0.3 is 5.97 Å². The van der Waals surface area contributed by atoms with Gasteiger partial charge in [-0.25, -0.2) is 4.79 Å². The van der Waals surface area contributed by atoms with Crippen molar-refractivity contribution in [3.63, 3.8) is 0 Å². The van der Waals surface area contributed by atoms with Crippen LogP contribution in [0.1, 0.15) is 37.6 Å². The zero-order valence-electron chi connectivity index (χ0n) is 24.2. The van der Waals surface area contributed by atoms with Crippen molar-refractivity contribution in [1.82, 2.24) is 0 Å². The molecule has 5 rings (SSSR count). The van der Waals surface area contributed by atoms with Crippen LogP contribution in [0.5, 0.6) is 28.7 Å². The van der Waals surface area contributed by atoms with Crippen molar-refractivity contribution in [2.45, 2.75) is 13.5 Å². The molecule has 8 nitrogen and oxygen atoms in total. The lowest BCUT2D eigenvalue weighted by Crippen LogP contribution is -2.10. The molecule has 1 heterocycles. The first-order valence-corrected chi connectivity index (χ1v) is 13.4. The van der Waals surface area contributed by atoms with E-state index in [0.717, 1.165) is 5.56 Å². The molecule has 0 unspecified atom stereocenters. The molecule has 4 aromatic carbocycles. The minimum Gasteiger partial charge on any atom is -0.497 e. The third-order valence-corrected chi connectivity index (χ3v) is 6.78. The van der Waals surface area contributed by atoms with Gasteiger partial charge in [-0.3, -0.25) is 4.79 Å². The Bertz CT molecular complexity index is 1800. The Kier molecular flexibility index (Phi) is 8.77. The quantitative estimate of drug-likeness (QED) is 0.0690. The van der Waals surface area contributed by atoms with Crippen molar-refractivity contribution in [1.29, 1.82) is 0 Å². The third-order valence-electron chi connectivity index (χ3n) is 6.78. The van der Waals surface area contributed by atoms with Crippen LogP contribution in [-0.2, 0) is 6.61 Å². The van der Waals surface area contributed by atoms with Crippen LogP contribution in [0.4, 0.5) is 0 Å². The molecule has 0 spiro atoms. The monoisotopic (exact) mass is 578 g/mol. The molecule has 0 saturated heterocycles. The summed E-state index contributed by atoms with van der Waals surface area (Å²) < 4.78 is 33.6. The highest BCUT2D eigenvalue weighted by Gasteiger charge is 2.22. The Hall–Kier alpha value is -5.50. The molecule has 0 amide bonds. The first-order chi connectivity index (χ1) is 20.9. The van der Waals surface area contributed by atoms with Crippen LogP contribution < -0.4 is 23.7 Å². The zero-order chi connectivity index (χ0) is 30.3. The van der Waals surface area contributed by atoms with E-state index in [1.165, 1.54) is 27.4 Å². The Labute approximate surface area is 249 Å². The number of fused-ring (bicyclic) bond motifs is 1. The van der Waals surface area contributed by atoms with Gasteiger partial charge in [-0.2, -0.15) is 0 Å². The number of allylic oxidation sites excluding steroid dienone is 1. The highest BCUT2D eigenvalue weighted by atomic mass is 16.6. The van der Waals surface area contributed by atoms with Gasteiger partial charge in [-0.15, -0.1) is 0 Å². The zero-order valence-corrected chi connectivity index (χ0v) is 24.2. The van der Waals surface area contributed by atoms with E-state index in [-0.39, 0.29) is 11.5 Å². The summed E-state index contributed by atoms with van der Waals surface area (Å²) in [5.74, 6) is 1.67. The minimum absolute atomic E-state index is 0.218. The predicted molar refractivity (Wildman–Crippen MR) is 163 cm³/mol. The maximum atomic E-state index is 13.4. The molecule has 0 radical (unpaired) electrons. The molecule has 5 aromatic rings. The van der Waals surface area contributed by atoms with Crippen molar-refractivity contribution < 1.29 is 37.7 Å². The summed E-state index contributed by atoms with van der Waals surface area (Å²) >= 11 is 0. The van der Waals surface area contributed by atoms with Crippen molar-refractivity contribution in [3.05, 3.63) is 119 Å². The van der Waals surface area contributed by atoms with Gasteiger partial charge in [0.15, 0.2) is 17.3 Å². The number of carbonyl (C=O) groups is 2. The van der Waals surface area contributed by atoms with E-state index in [2.05, 4.69) is 0 Å². The van der Waals surface area contributed by atoms with E-state index in [0.29, 0.717) is 63.0 Å². The second-order valence-corrected chi connectivity index (χ2v) is 9.53. The van der Waals surface area contributed by atoms with E-state index in [4.69, 9.17) is 28.1 Å². The molecule has 1 aromatic heterocycles. The lowest BCUT2D eigenvalue weighted by Gasteiger charge is -2.10. The fourth-order valence-corrected chi connectivity index (χ4v) is 4.57. The number of ether oxygens (including phenoxy) is 5. The van der Waals surface area contributed by atoms with Crippen LogP contribution in [0.25, 0.3) is 17.0 Å². The molecule has 0 N–H and O–H groups in total. The lowest BCUT2D eigenvalue weighted by molar-refractivity contribution is 0.0729. The number of esters is 1. The largest absolute Gasteiger partial charge is 0.497 e. The highest BCUT2D eigenvalue weighted by molar-refractivity contribution is 6.09. The van der Waals surface area contributed by atoms with Crippen molar-refractivity contribution in [2.75, 3.05) is 21.3 Å². The molecule has 0 saturated carbocycles. The predicted octanol–water partition coefficient (Wildman–Crippen LogP) is 7.46. The summed E-state index contributed by atoms with van der Waals surface area (Å²) in [6, 6.07) is 25.2. The van der Waals surface area contributed by atoms with Gasteiger partial charge in [0.25, 0.3) is 0 Å². The van der Waals surface area contributed by atoms with Crippen LogP contribution in [0, 0.1) is 6.92 Å². The summed E-state index contributed by atoms with van der Waals surface area (Å²) in [6.45, 7) is 2.10. The normalized spacial score (nSPS) is 11.0. The number of hydrogen-bond donors (Lipinski definition) is 0. The number of rotatable bonds is 11. The Morgan fingerprint density at radius 3 is 2.26 bits per heavy atom. The molecule has 43 heavy (non-hydrogen) atoms. The van der Waals surface area contributed by atoms with Crippen molar-refractivity contribution in [3.8, 4) is 28.7 Å². The molecule has 0 aliphatic carbocycles. The van der Waals surface area contributed by atoms with Gasteiger partial charge in [-0.1, -0.05) is 42.5 Å². The Morgan fingerprint density at radius 1 is 0.767 bits per heavy atom. The molecule has 0 bridgehead atoms. The van der Waals surface area contributed by atoms with Gasteiger partial charge in [0.1, 0.15) is 40.8 Å². The molecule has 218 valence electrons. The van der Waals surface area contributed by atoms with Gasteiger partial charge in [-0.05, 0) is 72.7 Å². The molecule has 0 atom stereocenters. The van der Waals surface area contributed by atoms with Crippen molar-refractivity contribution in [2.24, 2.45) is 0 Å². The van der Waals surface area contributed by atoms with Crippen LogP contribution in [-0.4, -0.2) is 33.1 Å². The van der Waals surface area contributed by atoms with E-state index in [1.54, 1.807) is 67.6 Å². The molecule has 0 fully saturated rings. The number of methoxy groups -OCH3 is 3. The van der Waals surface area contributed by atoms with E-state index < -0.39 is 5.97 Å². The van der Waals surface area contributed by atoms with Crippen LogP contribution in [0.15, 0.2) is 95.4 Å². The summed E-state index contributed by atoms with van der Waals surface area (Å²) in [5.41, 5.74) is 2.90. The molecule has 8 heteroatoms. The van der Waals surface area contributed by atoms with Crippen LogP contribution >= 0.6 is 0 Å². The maximum Gasteiger partial charge on any atom is 0.347 e. The maximum absolute atomic E-state index is 13.4. The van der Waals surface area contributed by atoms with Crippen LogP contribution in [0.3, 0.4) is 0 Å². The Morgan fingerprint density at radius 2 is 1.51 bits per heavy atom. The summed E-state index contributed by atoms with van der Waals surface area (Å²) in [5, 5.41) is 0.582. The van der Waals surface area contributed by atoms with Gasteiger partial charge in [0, 0.05) is 5.39 Å². The summed E-state index contributed by atoms with van der Waals surface area (Å²) in [6.07, 6.45) is 3.07.